The molecule has 4 unspecified atom stereocenters. The monoisotopic (exact) mass is 664 g/mol. The van der Waals surface area contributed by atoms with Gasteiger partial charge in [-0.25, -0.2) is 0 Å². The lowest BCUT2D eigenvalue weighted by atomic mass is 9.67. The predicted octanol–water partition coefficient (Wildman–Crippen LogP) is 6.42. The molecule has 0 N–H and O–H groups in total. The highest BCUT2D eigenvalue weighted by atomic mass is 35.5. The SMILES string of the molecule is COC1CC2CC(=O)N(c3ccc(N(C)C[C@H]4CC[C@H](N5CCN(C)C(=O)C5)CC4)cc3)[C@@H](c3ccc(Cl)cc3)C2CC1OC(C)C. The minimum Gasteiger partial charge on any atom is -0.379 e. The summed E-state index contributed by atoms with van der Waals surface area (Å²) < 4.78 is 12.3. The minimum atomic E-state index is -0.107. The van der Waals surface area contributed by atoms with Crippen LogP contribution in [-0.2, 0) is 19.1 Å². The van der Waals surface area contributed by atoms with Crippen LogP contribution in [0.2, 0.25) is 5.02 Å². The van der Waals surface area contributed by atoms with Crippen LogP contribution in [0.25, 0.3) is 0 Å². The van der Waals surface area contributed by atoms with Gasteiger partial charge in [0.25, 0.3) is 0 Å². The van der Waals surface area contributed by atoms with Crippen LogP contribution in [0.3, 0.4) is 0 Å². The van der Waals surface area contributed by atoms with Crippen molar-refractivity contribution >= 4 is 34.8 Å². The number of piperidine rings is 1. The Morgan fingerprint density at radius 3 is 2.26 bits per heavy atom. The van der Waals surface area contributed by atoms with Crippen molar-refractivity contribution in [1.29, 1.82) is 0 Å². The molecule has 2 amide bonds. The number of carbonyl (C=O) groups is 2. The number of halogens is 1. The standard InChI is InChI=1S/C38H53ClN4O4/c1-25(2)47-35-22-33-28(20-34(35)46-5)21-36(44)43(38(33)27-8-10-29(39)11-9-27)32-16-14-30(15-17-32)41(4)23-26-6-12-31(13-7-26)42-19-18-40(3)37(45)24-42/h8-11,14-17,25-26,28,31,33-35,38H,6-7,12-13,18-24H2,1-5H3/t26-,28?,31-,33?,34?,35?,38-/m0/s1. The minimum absolute atomic E-state index is 0.00951. The summed E-state index contributed by atoms with van der Waals surface area (Å²) in [6.45, 7) is 7.55. The third-order valence-electron chi connectivity index (χ3n) is 11.3. The predicted molar refractivity (Wildman–Crippen MR) is 188 cm³/mol. The van der Waals surface area contributed by atoms with Gasteiger partial charge in [-0.15, -0.1) is 0 Å². The Bertz CT molecular complexity index is 1360. The highest BCUT2D eigenvalue weighted by Crippen LogP contribution is 2.50. The van der Waals surface area contributed by atoms with Gasteiger partial charge >= 0.3 is 0 Å². The van der Waals surface area contributed by atoms with Crippen molar-refractivity contribution in [2.45, 2.75) is 89.2 Å². The number of carbonyl (C=O) groups excluding carboxylic acids is 2. The Kier molecular flexibility index (Phi) is 10.8. The number of anilines is 2. The summed E-state index contributed by atoms with van der Waals surface area (Å²) in [7, 11) is 5.84. The molecule has 2 saturated heterocycles. The summed E-state index contributed by atoms with van der Waals surface area (Å²) in [5.41, 5.74) is 3.20. The highest BCUT2D eigenvalue weighted by molar-refractivity contribution is 6.30. The van der Waals surface area contributed by atoms with Crippen LogP contribution in [0.15, 0.2) is 48.5 Å². The molecular weight excluding hydrogens is 612 g/mol. The van der Waals surface area contributed by atoms with Crippen LogP contribution < -0.4 is 9.80 Å². The van der Waals surface area contributed by atoms with Crippen molar-refractivity contribution in [2.24, 2.45) is 17.8 Å². The van der Waals surface area contributed by atoms with Gasteiger partial charge in [-0.05, 0) is 112 Å². The maximum Gasteiger partial charge on any atom is 0.236 e. The topological polar surface area (TPSA) is 65.6 Å². The molecule has 8 nitrogen and oxygen atoms in total. The van der Waals surface area contributed by atoms with Crippen LogP contribution >= 0.6 is 11.6 Å². The molecule has 2 aromatic carbocycles. The normalized spacial score (nSPS) is 30.5. The largest absolute Gasteiger partial charge is 0.379 e. The zero-order valence-electron chi connectivity index (χ0n) is 28.8. The quantitative estimate of drug-likeness (QED) is 0.308. The van der Waals surface area contributed by atoms with Crippen molar-refractivity contribution in [3.05, 3.63) is 59.1 Å². The third kappa shape index (κ3) is 7.66. The number of nitrogens with zero attached hydrogens (tertiary/aromatic N) is 4. The number of benzene rings is 2. The summed E-state index contributed by atoms with van der Waals surface area (Å²) in [5, 5.41) is 0.693. The molecule has 0 aromatic heterocycles. The van der Waals surface area contributed by atoms with E-state index in [-0.39, 0.29) is 48.0 Å². The number of likely N-dealkylation sites (N-methyl/N-ethyl adjacent to an activating group) is 1. The number of methoxy groups -OCH3 is 1. The lowest BCUT2D eigenvalue weighted by molar-refractivity contribution is -0.140. The number of fused-ring (bicyclic) bond motifs is 1. The second-order valence-electron chi connectivity index (χ2n) is 14.7. The van der Waals surface area contributed by atoms with Gasteiger partial charge in [0.2, 0.25) is 11.8 Å². The fourth-order valence-electron chi connectivity index (χ4n) is 8.77. The molecule has 2 saturated carbocycles. The fourth-order valence-corrected chi connectivity index (χ4v) is 8.90. The Morgan fingerprint density at radius 2 is 1.62 bits per heavy atom. The average molecular weight is 665 g/mol. The molecule has 2 heterocycles. The molecular formula is C38H53ClN4O4. The molecule has 4 fully saturated rings. The summed E-state index contributed by atoms with van der Waals surface area (Å²) in [6.07, 6.45) is 6.95. The molecule has 5 atom stereocenters. The molecule has 0 spiro atoms. The molecule has 0 bridgehead atoms. The van der Waals surface area contributed by atoms with E-state index in [1.54, 1.807) is 7.11 Å². The first-order valence-electron chi connectivity index (χ1n) is 17.7. The van der Waals surface area contributed by atoms with E-state index in [2.05, 4.69) is 67.1 Å². The van der Waals surface area contributed by atoms with Gasteiger partial charge in [0.15, 0.2) is 0 Å². The molecule has 0 radical (unpaired) electrons. The van der Waals surface area contributed by atoms with Gasteiger partial charge < -0.3 is 24.2 Å². The number of rotatable bonds is 9. The van der Waals surface area contributed by atoms with Crippen LogP contribution in [0.4, 0.5) is 11.4 Å². The Balaban J connectivity index is 1.15. The molecule has 6 rings (SSSR count). The van der Waals surface area contributed by atoms with Gasteiger partial charge in [-0.1, -0.05) is 23.7 Å². The number of ether oxygens (including phenoxy) is 2. The second-order valence-corrected chi connectivity index (χ2v) is 15.2. The average Bonchev–Trinajstić information content (AvgIpc) is 3.06. The maximum absolute atomic E-state index is 14.0. The molecule has 2 aliphatic heterocycles. The van der Waals surface area contributed by atoms with Crippen LogP contribution in [0.1, 0.15) is 70.4 Å². The van der Waals surface area contributed by atoms with Gasteiger partial charge in [-0.3, -0.25) is 14.5 Å². The van der Waals surface area contributed by atoms with Crippen LogP contribution in [0, 0.1) is 17.8 Å². The first kappa shape index (κ1) is 34.2. The highest BCUT2D eigenvalue weighted by Gasteiger charge is 2.49. The smallest absolute Gasteiger partial charge is 0.236 e. The van der Waals surface area contributed by atoms with Crippen molar-refractivity contribution in [3.63, 3.8) is 0 Å². The molecule has 4 aliphatic rings. The zero-order valence-corrected chi connectivity index (χ0v) is 29.6. The van der Waals surface area contributed by atoms with E-state index in [9.17, 15) is 9.59 Å². The Morgan fingerprint density at radius 1 is 0.915 bits per heavy atom. The lowest BCUT2D eigenvalue weighted by Crippen LogP contribution is -2.53. The molecule has 2 aromatic rings. The van der Waals surface area contributed by atoms with Crippen molar-refractivity contribution < 1.29 is 19.1 Å². The first-order valence-corrected chi connectivity index (χ1v) is 18.0. The second kappa shape index (κ2) is 14.9. The van der Waals surface area contributed by atoms with Gasteiger partial charge in [-0.2, -0.15) is 0 Å². The lowest BCUT2D eigenvalue weighted by Gasteiger charge is -2.51. The van der Waals surface area contributed by atoms with E-state index in [1.165, 1.54) is 12.8 Å². The van der Waals surface area contributed by atoms with E-state index >= 15 is 0 Å². The first-order chi connectivity index (χ1) is 22.6. The van der Waals surface area contributed by atoms with Crippen LogP contribution in [-0.4, -0.2) is 93.4 Å². The van der Waals surface area contributed by atoms with Crippen molar-refractivity contribution in [2.75, 3.05) is 57.2 Å². The summed E-state index contributed by atoms with van der Waals surface area (Å²) in [6, 6.07) is 17.0. The number of piperazine rings is 1. The fraction of sp³-hybridized carbons (Fsp3) is 0.632. The Labute approximate surface area is 286 Å². The number of hydrogen-bond acceptors (Lipinski definition) is 6. The molecule has 47 heavy (non-hydrogen) atoms. The molecule has 256 valence electrons. The van der Waals surface area contributed by atoms with Gasteiger partial charge in [0.1, 0.15) is 0 Å². The zero-order chi connectivity index (χ0) is 33.2. The maximum atomic E-state index is 14.0. The molecule has 2 aliphatic carbocycles. The summed E-state index contributed by atoms with van der Waals surface area (Å²) >= 11 is 6.32. The summed E-state index contributed by atoms with van der Waals surface area (Å²) in [4.78, 5) is 34.9. The van der Waals surface area contributed by atoms with E-state index in [0.717, 1.165) is 62.3 Å². The van der Waals surface area contributed by atoms with E-state index < -0.39 is 0 Å². The summed E-state index contributed by atoms with van der Waals surface area (Å²) in [5.74, 6) is 1.51. The van der Waals surface area contributed by atoms with E-state index in [1.807, 2.05) is 29.0 Å². The van der Waals surface area contributed by atoms with Gasteiger partial charge in [0.05, 0.1) is 30.9 Å². The third-order valence-corrected chi connectivity index (χ3v) is 11.6. The van der Waals surface area contributed by atoms with Crippen molar-refractivity contribution in [1.82, 2.24) is 9.80 Å². The van der Waals surface area contributed by atoms with Gasteiger partial charge in [0, 0.05) is 69.7 Å². The van der Waals surface area contributed by atoms with E-state index in [0.29, 0.717) is 29.9 Å². The number of amides is 2. The Hall–Kier alpha value is -2.65. The number of hydrogen-bond donors (Lipinski definition) is 0. The molecule has 9 heteroatoms. The van der Waals surface area contributed by atoms with Crippen molar-refractivity contribution in [3.8, 4) is 0 Å². The van der Waals surface area contributed by atoms with Crippen LogP contribution in [0.5, 0.6) is 0 Å². The van der Waals surface area contributed by atoms with E-state index in [4.69, 9.17) is 21.1 Å².